The van der Waals surface area contributed by atoms with Crippen LogP contribution in [0.4, 0.5) is 18.9 Å². The van der Waals surface area contributed by atoms with Gasteiger partial charge in [0.1, 0.15) is 0 Å². The molecular weight excluding hydrogens is 470 g/mol. The zero-order valence-electron chi connectivity index (χ0n) is 20.2. The number of anilines is 1. The quantitative estimate of drug-likeness (QED) is 0.283. The molecule has 1 N–H and O–H groups in total. The first-order valence-corrected chi connectivity index (χ1v) is 13.1. The molecule has 34 heavy (non-hydrogen) atoms. The summed E-state index contributed by atoms with van der Waals surface area (Å²) in [5, 5.41) is 4.05. The SMILES string of the molecule is CCOP(=O)(OCC)OCCN(CC)CCC[C@@H](C)Nc1ccnc2cc(C(F)(F)F)ccc12. The summed E-state index contributed by atoms with van der Waals surface area (Å²) in [6, 6.07) is 5.50. The lowest BCUT2D eigenvalue weighted by Gasteiger charge is -2.23. The third-order valence-electron chi connectivity index (χ3n) is 5.26. The van der Waals surface area contributed by atoms with Crippen molar-refractivity contribution in [2.24, 2.45) is 0 Å². The third-order valence-corrected chi connectivity index (χ3v) is 6.91. The zero-order valence-corrected chi connectivity index (χ0v) is 21.1. The molecule has 0 spiro atoms. The number of aromatic nitrogens is 1. The van der Waals surface area contributed by atoms with Crippen molar-refractivity contribution in [1.29, 1.82) is 0 Å². The number of nitrogens with zero attached hydrogens (tertiary/aromatic N) is 2. The Hall–Kier alpha value is -1.71. The Morgan fingerprint density at radius 1 is 1.09 bits per heavy atom. The van der Waals surface area contributed by atoms with Gasteiger partial charge in [-0.2, -0.15) is 13.2 Å². The fourth-order valence-corrected chi connectivity index (χ4v) is 4.71. The highest BCUT2D eigenvalue weighted by Crippen LogP contribution is 2.49. The summed E-state index contributed by atoms with van der Waals surface area (Å²) in [6.45, 7) is 10.5. The van der Waals surface area contributed by atoms with Crippen LogP contribution in [0.1, 0.15) is 46.1 Å². The minimum atomic E-state index is -4.40. The van der Waals surface area contributed by atoms with Crippen LogP contribution in [0.3, 0.4) is 0 Å². The predicted molar refractivity (Wildman–Crippen MR) is 128 cm³/mol. The lowest BCUT2D eigenvalue weighted by atomic mass is 10.1. The average molecular weight is 506 g/mol. The average Bonchev–Trinajstić information content (AvgIpc) is 2.77. The molecule has 0 radical (unpaired) electrons. The lowest BCUT2D eigenvalue weighted by Crippen LogP contribution is -2.29. The van der Waals surface area contributed by atoms with E-state index in [1.807, 2.05) is 13.8 Å². The topological polar surface area (TPSA) is 72.9 Å². The number of halogens is 3. The molecule has 11 heteroatoms. The van der Waals surface area contributed by atoms with Gasteiger partial charge in [-0.1, -0.05) is 13.0 Å². The maximum Gasteiger partial charge on any atom is 0.474 e. The number of pyridine rings is 1. The molecule has 1 aromatic carbocycles. The van der Waals surface area contributed by atoms with E-state index in [0.29, 0.717) is 17.4 Å². The number of fused-ring (bicyclic) bond motifs is 1. The van der Waals surface area contributed by atoms with E-state index in [0.717, 1.165) is 43.8 Å². The second kappa shape index (κ2) is 13.4. The van der Waals surface area contributed by atoms with Gasteiger partial charge in [-0.3, -0.25) is 18.6 Å². The Kier molecular flexibility index (Phi) is 11.2. The van der Waals surface area contributed by atoms with Gasteiger partial charge in [-0.05, 0) is 64.9 Å². The molecule has 1 aromatic heterocycles. The summed E-state index contributed by atoms with van der Waals surface area (Å²) >= 11 is 0. The minimum absolute atomic E-state index is 0.110. The maximum absolute atomic E-state index is 13.0. The highest BCUT2D eigenvalue weighted by Gasteiger charge is 2.30. The fraction of sp³-hybridized carbons (Fsp3) is 0.609. The number of phosphoric ester groups is 1. The number of rotatable bonds is 15. The van der Waals surface area contributed by atoms with E-state index in [2.05, 4.69) is 15.2 Å². The molecule has 0 saturated carbocycles. The number of likely N-dealkylation sites (N-methyl/N-ethyl adjacent to an activating group) is 1. The molecule has 1 heterocycles. The highest BCUT2D eigenvalue weighted by atomic mass is 31.2. The van der Waals surface area contributed by atoms with Gasteiger partial charge in [0, 0.05) is 29.9 Å². The molecule has 0 aliphatic heterocycles. The van der Waals surface area contributed by atoms with Crippen LogP contribution in [0.25, 0.3) is 10.9 Å². The first kappa shape index (κ1) is 28.5. The van der Waals surface area contributed by atoms with Crippen LogP contribution >= 0.6 is 7.82 Å². The lowest BCUT2D eigenvalue weighted by molar-refractivity contribution is -0.137. The number of hydrogen-bond donors (Lipinski definition) is 1. The molecule has 0 aliphatic carbocycles. The van der Waals surface area contributed by atoms with E-state index in [-0.39, 0.29) is 25.9 Å². The van der Waals surface area contributed by atoms with Gasteiger partial charge in [0.15, 0.2) is 0 Å². The molecule has 2 aromatic rings. The summed E-state index contributed by atoms with van der Waals surface area (Å²) in [5.74, 6) is 0. The monoisotopic (exact) mass is 505 g/mol. The minimum Gasteiger partial charge on any atom is -0.382 e. The molecule has 0 saturated heterocycles. The Balaban J connectivity index is 1.84. The van der Waals surface area contributed by atoms with Crippen molar-refractivity contribution in [3.05, 3.63) is 36.0 Å². The van der Waals surface area contributed by atoms with Gasteiger partial charge in [-0.15, -0.1) is 0 Å². The molecule has 0 fully saturated rings. The summed E-state index contributed by atoms with van der Waals surface area (Å²) in [5.41, 5.74) is 0.357. The standard InChI is InChI=1S/C23H35F3N3O4P/c1-5-29(15-16-33-34(30,31-6-2)32-7-3)14-8-9-18(4)28-21-12-13-27-22-17-19(23(24,25)26)10-11-20(21)22/h10-13,17-18H,5-9,14-16H2,1-4H3,(H,27,28)/t18-/m1/s1. The fourth-order valence-electron chi connectivity index (χ4n) is 3.55. The van der Waals surface area contributed by atoms with Crippen LogP contribution in [-0.4, -0.2) is 55.4 Å². The van der Waals surface area contributed by atoms with E-state index >= 15 is 0 Å². The van der Waals surface area contributed by atoms with E-state index in [1.54, 1.807) is 19.9 Å². The molecule has 192 valence electrons. The van der Waals surface area contributed by atoms with E-state index < -0.39 is 19.6 Å². The van der Waals surface area contributed by atoms with Gasteiger partial charge < -0.3 is 10.2 Å². The van der Waals surface area contributed by atoms with Crippen LogP contribution in [0, 0.1) is 0 Å². The van der Waals surface area contributed by atoms with Gasteiger partial charge in [0.2, 0.25) is 0 Å². The van der Waals surface area contributed by atoms with Crippen molar-refractivity contribution < 1.29 is 31.3 Å². The van der Waals surface area contributed by atoms with E-state index in [9.17, 15) is 17.7 Å². The number of phosphoric acid groups is 1. The third kappa shape index (κ3) is 8.82. The van der Waals surface area contributed by atoms with Crippen molar-refractivity contribution in [3.63, 3.8) is 0 Å². The van der Waals surface area contributed by atoms with Crippen molar-refractivity contribution in [2.75, 3.05) is 44.8 Å². The van der Waals surface area contributed by atoms with Crippen molar-refractivity contribution in [2.45, 2.75) is 52.8 Å². The molecule has 1 atom stereocenters. The zero-order chi connectivity index (χ0) is 25.2. The first-order valence-electron chi connectivity index (χ1n) is 11.6. The van der Waals surface area contributed by atoms with Crippen LogP contribution in [0.15, 0.2) is 30.5 Å². The normalized spacial score (nSPS) is 13.5. The Morgan fingerprint density at radius 3 is 2.41 bits per heavy atom. The second-order valence-corrected chi connectivity index (χ2v) is 9.50. The summed E-state index contributed by atoms with van der Waals surface area (Å²) < 4.78 is 67.0. The van der Waals surface area contributed by atoms with Gasteiger partial charge in [-0.25, -0.2) is 4.57 Å². The number of nitrogens with one attached hydrogen (secondary N) is 1. The predicted octanol–water partition coefficient (Wildman–Crippen LogP) is 6.35. The number of alkyl halides is 3. The molecule has 0 unspecified atom stereocenters. The molecule has 2 rings (SSSR count). The molecule has 0 amide bonds. The molecule has 0 aliphatic rings. The van der Waals surface area contributed by atoms with Crippen molar-refractivity contribution >= 4 is 24.4 Å². The van der Waals surface area contributed by atoms with Crippen LogP contribution in [0.5, 0.6) is 0 Å². The van der Waals surface area contributed by atoms with Crippen LogP contribution in [-0.2, 0) is 24.3 Å². The van der Waals surface area contributed by atoms with Crippen molar-refractivity contribution in [1.82, 2.24) is 9.88 Å². The summed E-state index contributed by atoms with van der Waals surface area (Å²) in [7, 11) is -3.50. The number of hydrogen-bond acceptors (Lipinski definition) is 7. The Bertz CT molecular complexity index is 935. The van der Waals surface area contributed by atoms with Gasteiger partial charge >= 0.3 is 14.0 Å². The maximum atomic E-state index is 13.0. The molecular formula is C23H35F3N3O4P. The van der Waals surface area contributed by atoms with Crippen LogP contribution in [0.2, 0.25) is 0 Å². The van der Waals surface area contributed by atoms with E-state index in [4.69, 9.17) is 13.6 Å². The second-order valence-electron chi connectivity index (χ2n) is 7.83. The smallest absolute Gasteiger partial charge is 0.382 e. The largest absolute Gasteiger partial charge is 0.474 e. The summed E-state index contributed by atoms with van der Waals surface area (Å²) in [6.07, 6.45) is -1.12. The number of benzene rings is 1. The van der Waals surface area contributed by atoms with Gasteiger partial charge in [0.25, 0.3) is 0 Å². The van der Waals surface area contributed by atoms with Crippen LogP contribution < -0.4 is 5.32 Å². The summed E-state index contributed by atoms with van der Waals surface area (Å²) in [4.78, 5) is 6.28. The first-order chi connectivity index (χ1) is 16.1. The van der Waals surface area contributed by atoms with Crippen molar-refractivity contribution in [3.8, 4) is 0 Å². The highest BCUT2D eigenvalue weighted by molar-refractivity contribution is 7.48. The Labute approximate surface area is 199 Å². The van der Waals surface area contributed by atoms with Gasteiger partial charge in [0.05, 0.1) is 30.9 Å². The molecule has 0 bridgehead atoms. The Morgan fingerprint density at radius 2 is 1.79 bits per heavy atom. The van der Waals surface area contributed by atoms with E-state index in [1.165, 1.54) is 12.3 Å². The molecule has 7 nitrogen and oxygen atoms in total.